The van der Waals surface area contributed by atoms with Crippen LogP contribution in [0.4, 0.5) is 5.95 Å². The van der Waals surface area contributed by atoms with Gasteiger partial charge < -0.3 is 10.3 Å². The molecule has 2 heterocycles. The normalized spacial score (nSPS) is 11.3. The molecule has 0 amide bonds. The van der Waals surface area contributed by atoms with Crippen LogP contribution in [0, 0.1) is 0 Å². The second-order valence-corrected chi connectivity index (χ2v) is 5.06. The van der Waals surface area contributed by atoms with Gasteiger partial charge in [-0.2, -0.15) is 4.98 Å². The molecule has 2 aromatic rings. The lowest BCUT2D eigenvalue weighted by molar-refractivity contribution is 0.592. The van der Waals surface area contributed by atoms with E-state index in [1.54, 1.807) is 11.6 Å². The van der Waals surface area contributed by atoms with Gasteiger partial charge in [-0.3, -0.25) is 13.9 Å². The lowest BCUT2D eigenvalue weighted by atomic mass is 10.2. The molecule has 0 aliphatic carbocycles. The number of hydrogen-bond donors (Lipinski definition) is 1. The molecule has 0 spiro atoms. The summed E-state index contributed by atoms with van der Waals surface area (Å²) in [6.45, 7) is 2.79. The molecule has 0 fully saturated rings. The van der Waals surface area contributed by atoms with Crippen LogP contribution in [0.15, 0.2) is 9.59 Å². The van der Waals surface area contributed by atoms with E-state index in [-0.39, 0.29) is 11.5 Å². The van der Waals surface area contributed by atoms with Crippen molar-refractivity contribution in [3.63, 3.8) is 0 Å². The van der Waals surface area contributed by atoms with Gasteiger partial charge in [0, 0.05) is 20.6 Å². The van der Waals surface area contributed by atoms with E-state index in [1.165, 1.54) is 11.6 Å². The molecule has 2 rings (SSSR count). The number of rotatable bonds is 5. The topological polar surface area (TPSA) is 87.8 Å². The third kappa shape index (κ3) is 2.23. The van der Waals surface area contributed by atoms with E-state index in [2.05, 4.69) is 11.9 Å². The highest BCUT2D eigenvalue weighted by Crippen LogP contribution is 2.14. The molecule has 0 atom stereocenters. The highest BCUT2D eigenvalue weighted by Gasteiger charge is 2.17. The number of hydrogen-bond acceptors (Lipinski definition) is 4. The van der Waals surface area contributed by atoms with E-state index in [4.69, 9.17) is 5.73 Å². The van der Waals surface area contributed by atoms with Gasteiger partial charge in [0.15, 0.2) is 11.2 Å². The van der Waals surface area contributed by atoms with E-state index < -0.39 is 5.69 Å². The number of aryl methyl sites for hydroxylation is 2. The Morgan fingerprint density at radius 1 is 1.10 bits per heavy atom. The molecule has 7 nitrogen and oxygen atoms in total. The fourth-order valence-corrected chi connectivity index (χ4v) is 2.39. The van der Waals surface area contributed by atoms with Gasteiger partial charge in [0.25, 0.3) is 5.56 Å². The summed E-state index contributed by atoms with van der Waals surface area (Å²) >= 11 is 0. The molecule has 0 saturated carbocycles. The minimum atomic E-state index is -0.391. The predicted molar refractivity (Wildman–Crippen MR) is 78.8 cm³/mol. The molecule has 110 valence electrons. The molecule has 0 bridgehead atoms. The molecule has 2 aromatic heterocycles. The van der Waals surface area contributed by atoms with Gasteiger partial charge >= 0.3 is 5.69 Å². The van der Waals surface area contributed by atoms with Crippen LogP contribution in [-0.2, 0) is 20.6 Å². The summed E-state index contributed by atoms with van der Waals surface area (Å²) in [6.07, 6.45) is 4.33. The van der Waals surface area contributed by atoms with Crippen molar-refractivity contribution in [2.75, 3.05) is 5.73 Å². The molecule has 0 radical (unpaired) electrons. The Morgan fingerprint density at radius 2 is 1.80 bits per heavy atom. The number of nitrogen functional groups attached to an aromatic ring is 1. The maximum absolute atomic E-state index is 12.3. The Bertz CT molecular complexity index is 738. The van der Waals surface area contributed by atoms with E-state index in [9.17, 15) is 9.59 Å². The van der Waals surface area contributed by atoms with Crippen molar-refractivity contribution in [2.45, 2.75) is 39.2 Å². The van der Waals surface area contributed by atoms with Crippen LogP contribution >= 0.6 is 0 Å². The summed E-state index contributed by atoms with van der Waals surface area (Å²) in [5, 5.41) is 0. The van der Waals surface area contributed by atoms with E-state index in [0.29, 0.717) is 17.7 Å². The van der Waals surface area contributed by atoms with Gasteiger partial charge in [-0.25, -0.2) is 4.79 Å². The summed E-state index contributed by atoms with van der Waals surface area (Å²) in [7, 11) is 3.06. The first-order chi connectivity index (χ1) is 9.49. The number of aromatic nitrogens is 4. The van der Waals surface area contributed by atoms with Crippen molar-refractivity contribution in [2.24, 2.45) is 14.1 Å². The van der Waals surface area contributed by atoms with E-state index in [1.807, 2.05) is 0 Å². The number of imidazole rings is 1. The fourth-order valence-electron chi connectivity index (χ4n) is 2.39. The minimum Gasteiger partial charge on any atom is -0.369 e. The predicted octanol–water partition coefficient (Wildman–Crippen LogP) is 0.596. The van der Waals surface area contributed by atoms with Gasteiger partial charge in [-0.1, -0.05) is 26.2 Å². The monoisotopic (exact) mass is 279 g/mol. The van der Waals surface area contributed by atoms with Gasteiger partial charge in [0.1, 0.15) is 0 Å². The quantitative estimate of drug-likeness (QED) is 0.812. The zero-order valence-corrected chi connectivity index (χ0v) is 12.2. The van der Waals surface area contributed by atoms with Crippen molar-refractivity contribution >= 4 is 17.1 Å². The van der Waals surface area contributed by atoms with Crippen LogP contribution in [0.3, 0.4) is 0 Å². The summed E-state index contributed by atoms with van der Waals surface area (Å²) in [6, 6.07) is 0. The van der Waals surface area contributed by atoms with Crippen LogP contribution in [0.5, 0.6) is 0 Å². The summed E-state index contributed by atoms with van der Waals surface area (Å²) in [4.78, 5) is 28.3. The van der Waals surface area contributed by atoms with Crippen molar-refractivity contribution in [3.05, 3.63) is 20.8 Å². The third-order valence-electron chi connectivity index (χ3n) is 3.61. The van der Waals surface area contributed by atoms with Gasteiger partial charge in [0.2, 0.25) is 5.95 Å². The van der Waals surface area contributed by atoms with Crippen molar-refractivity contribution in [3.8, 4) is 0 Å². The van der Waals surface area contributed by atoms with Gasteiger partial charge in [-0.05, 0) is 6.42 Å². The van der Waals surface area contributed by atoms with Crippen molar-refractivity contribution < 1.29 is 0 Å². The number of nitrogens with zero attached hydrogens (tertiary/aromatic N) is 4. The molecule has 0 saturated heterocycles. The smallest absolute Gasteiger partial charge is 0.332 e. The van der Waals surface area contributed by atoms with Crippen molar-refractivity contribution in [1.82, 2.24) is 18.7 Å². The van der Waals surface area contributed by atoms with E-state index in [0.717, 1.165) is 30.3 Å². The summed E-state index contributed by atoms with van der Waals surface area (Å²) < 4.78 is 4.16. The first-order valence-corrected chi connectivity index (χ1v) is 6.90. The molecule has 2 N–H and O–H groups in total. The Hall–Kier alpha value is -2.05. The maximum Gasteiger partial charge on any atom is 0.332 e. The molecular weight excluding hydrogens is 258 g/mol. The largest absolute Gasteiger partial charge is 0.369 e. The molecule has 20 heavy (non-hydrogen) atoms. The summed E-state index contributed by atoms with van der Waals surface area (Å²) in [5.41, 5.74) is 5.92. The number of unbranched alkanes of at least 4 members (excludes halogenated alkanes) is 3. The Morgan fingerprint density at radius 3 is 2.45 bits per heavy atom. The zero-order chi connectivity index (χ0) is 14.9. The lowest BCUT2D eigenvalue weighted by Crippen LogP contribution is -2.37. The second kappa shape index (κ2) is 5.52. The number of nitrogens with two attached hydrogens (primary N) is 1. The molecule has 0 aliphatic rings. The number of fused-ring (bicyclic) bond motifs is 1. The highest BCUT2D eigenvalue weighted by atomic mass is 16.2. The minimum absolute atomic E-state index is 0.287. The van der Waals surface area contributed by atoms with Gasteiger partial charge in [-0.15, -0.1) is 0 Å². The standard InChI is InChI=1S/C13H21N5O2/c1-4-5-6-7-8-18-9-10(15-12(18)14)16(2)13(20)17(3)11(9)19/h4-8H2,1-3H3,(H2,14,15). The Balaban J connectivity index is 2.53. The first kappa shape index (κ1) is 14.4. The number of anilines is 1. The lowest BCUT2D eigenvalue weighted by Gasteiger charge is -2.07. The van der Waals surface area contributed by atoms with Crippen LogP contribution in [-0.4, -0.2) is 18.7 Å². The Labute approximate surface area is 116 Å². The average Bonchev–Trinajstić information content (AvgIpc) is 2.76. The molecule has 0 aliphatic heterocycles. The molecule has 0 unspecified atom stereocenters. The Kier molecular flexibility index (Phi) is 3.96. The zero-order valence-electron chi connectivity index (χ0n) is 12.2. The SMILES string of the molecule is CCCCCCn1c(N)nc2c1c(=O)n(C)c(=O)n2C. The average molecular weight is 279 g/mol. The molecule has 0 aromatic carbocycles. The highest BCUT2D eigenvalue weighted by molar-refractivity contribution is 5.73. The summed E-state index contributed by atoms with van der Waals surface area (Å²) in [5.74, 6) is 0.287. The molecular formula is C13H21N5O2. The fraction of sp³-hybridized carbons (Fsp3) is 0.615. The maximum atomic E-state index is 12.3. The van der Waals surface area contributed by atoms with Crippen LogP contribution in [0.25, 0.3) is 11.2 Å². The molecule has 7 heteroatoms. The third-order valence-corrected chi connectivity index (χ3v) is 3.61. The van der Waals surface area contributed by atoms with Crippen molar-refractivity contribution in [1.29, 1.82) is 0 Å². The van der Waals surface area contributed by atoms with E-state index >= 15 is 0 Å². The van der Waals surface area contributed by atoms with Gasteiger partial charge in [0.05, 0.1) is 0 Å². The first-order valence-electron chi connectivity index (χ1n) is 6.90. The van der Waals surface area contributed by atoms with Crippen LogP contribution in [0.1, 0.15) is 32.6 Å². The van der Waals surface area contributed by atoms with Crippen LogP contribution in [0.2, 0.25) is 0 Å². The van der Waals surface area contributed by atoms with Crippen LogP contribution < -0.4 is 17.0 Å². The second-order valence-electron chi connectivity index (χ2n) is 5.06.